The van der Waals surface area contributed by atoms with Crippen LogP contribution in [0.25, 0.3) is 0 Å². The molecule has 10 N–H and O–H groups in total. The maximum absolute atomic E-state index is 12.2. The largest absolute Gasteiger partial charge is 0.497 e. The van der Waals surface area contributed by atoms with E-state index in [0.29, 0.717) is 11.5 Å². The summed E-state index contributed by atoms with van der Waals surface area (Å²) in [7, 11) is 1.50. The lowest BCUT2D eigenvalue weighted by Gasteiger charge is -2.49. The van der Waals surface area contributed by atoms with Crippen LogP contribution in [0.3, 0.4) is 0 Å². The highest BCUT2D eigenvalue weighted by molar-refractivity contribution is 5.73. The van der Waals surface area contributed by atoms with E-state index in [-0.39, 0.29) is 6.61 Å². The summed E-state index contributed by atoms with van der Waals surface area (Å²) in [4.78, 5) is 24.2. The molecule has 4 rings (SSSR count). The minimum absolute atomic E-state index is 0.272. The molecule has 0 spiro atoms. The Morgan fingerprint density at radius 1 is 0.875 bits per heavy atom. The van der Waals surface area contributed by atoms with E-state index >= 15 is 0 Å². The van der Waals surface area contributed by atoms with Gasteiger partial charge in [-0.15, -0.1) is 0 Å². The molecule has 0 bridgehead atoms. The van der Waals surface area contributed by atoms with Gasteiger partial charge >= 0.3 is 0 Å². The number of amides is 2. The summed E-state index contributed by atoms with van der Waals surface area (Å²) in [6.45, 7) is 0.321. The number of carbonyl (C=O) groups is 2. The highest BCUT2D eigenvalue weighted by atomic mass is 16.8. The van der Waals surface area contributed by atoms with Gasteiger partial charge in [0, 0.05) is 13.8 Å². The van der Waals surface area contributed by atoms with Crippen LogP contribution < -0.4 is 20.1 Å². The van der Waals surface area contributed by atoms with E-state index in [2.05, 4.69) is 10.6 Å². The van der Waals surface area contributed by atoms with E-state index in [1.165, 1.54) is 14.0 Å². The van der Waals surface area contributed by atoms with Gasteiger partial charge in [-0.3, -0.25) is 9.59 Å². The molecule has 3 heterocycles. The zero-order valence-corrected chi connectivity index (χ0v) is 26.3. The van der Waals surface area contributed by atoms with Crippen LogP contribution in [0.4, 0.5) is 0 Å². The van der Waals surface area contributed by atoms with Crippen LogP contribution in [-0.2, 0) is 33.3 Å². The summed E-state index contributed by atoms with van der Waals surface area (Å²) < 4.78 is 39.5. The molecule has 19 nitrogen and oxygen atoms in total. The Balaban J connectivity index is 1.49. The summed E-state index contributed by atoms with van der Waals surface area (Å²) in [6, 6.07) is 3.75. The molecule has 1 aromatic rings. The van der Waals surface area contributed by atoms with Crippen molar-refractivity contribution in [1.29, 1.82) is 0 Å². The van der Waals surface area contributed by atoms with Crippen molar-refractivity contribution in [2.75, 3.05) is 26.9 Å². The molecule has 0 aromatic heterocycles. The number of methoxy groups -OCH3 is 1. The molecule has 3 aliphatic rings. The number of nitrogens with one attached hydrogen (secondary N) is 2. The summed E-state index contributed by atoms with van der Waals surface area (Å²) in [5.74, 6) is -0.306. The van der Waals surface area contributed by atoms with Crippen LogP contribution in [-0.4, -0.2) is 172 Å². The lowest BCUT2D eigenvalue weighted by molar-refractivity contribution is -0.342. The van der Waals surface area contributed by atoms with E-state index in [1.54, 1.807) is 24.3 Å². The average Bonchev–Trinajstić information content (AvgIpc) is 3.07. The fourth-order valence-electron chi connectivity index (χ4n) is 5.64. The van der Waals surface area contributed by atoms with E-state index in [0.717, 1.165) is 6.92 Å². The number of fused-ring (bicyclic) bond motifs is 1. The van der Waals surface area contributed by atoms with E-state index < -0.39 is 117 Å². The third kappa shape index (κ3) is 8.69. The lowest BCUT2D eigenvalue weighted by atomic mass is 9.94. The second kappa shape index (κ2) is 16.8. The number of aliphatic hydroxyl groups is 8. The molecule has 3 fully saturated rings. The second-order valence-corrected chi connectivity index (χ2v) is 11.6. The third-order valence-electron chi connectivity index (χ3n) is 8.17. The van der Waals surface area contributed by atoms with Gasteiger partial charge in [-0.2, -0.15) is 0 Å². The highest BCUT2D eigenvalue weighted by Gasteiger charge is 2.53. The van der Waals surface area contributed by atoms with Crippen molar-refractivity contribution in [1.82, 2.24) is 10.6 Å². The first-order chi connectivity index (χ1) is 22.8. The maximum Gasteiger partial charge on any atom is 0.223 e. The molecular weight excluding hydrogens is 648 g/mol. The third-order valence-corrected chi connectivity index (χ3v) is 8.17. The Morgan fingerprint density at radius 3 is 2.12 bits per heavy atom. The van der Waals surface area contributed by atoms with Crippen molar-refractivity contribution in [3.8, 4) is 11.5 Å². The lowest BCUT2D eigenvalue weighted by Crippen LogP contribution is -2.70. The SMILES string of the molecule is COc1ccc(O[C@H]2O[C@@H]3CO[C@H]([C@H](NC(C)=O)[C@@H](O)[C@@H](O)[C@@H](CO)O[C@@H]4O[C@H](CO)[C@@H](O)[C@H](O)[C@H]4O)O[C@@H]3[C@H](O)[C@H]2NC(C)=O)cc1. The van der Waals surface area contributed by atoms with Crippen LogP contribution in [0, 0.1) is 0 Å². The predicted octanol–water partition coefficient (Wildman–Crippen LogP) is -5.19. The number of carbonyl (C=O) groups excluding carboxylic acids is 2. The number of aliphatic hydroxyl groups excluding tert-OH is 8. The smallest absolute Gasteiger partial charge is 0.223 e. The second-order valence-electron chi connectivity index (χ2n) is 11.6. The molecule has 3 aliphatic heterocycles. The van der Waals surface area contributed by atoms with Crippen molar-refractivity contribution in [3.63, 3.8) is 0 Å². The van der Waals surface area contributed by atoms with E-state index in [4.69, 9.17) is 33.2 Å². The topological polar surface area (TPSA) is 285 Å². The van der Waals surface area contributed by atoms with Crippen LogP contribution in [0.5, 0.6) is 11.5 Å². The van der Waals surface area contributed by atoms with Gasteiger partial charge in [-0.05, 0) is 24.3 Å². The van der Waals surface area contributed by atoms with Crippen LogP contribution in [0.15, 0.2) is 24.3 Å². The highest BCUT2D eigenvalue weighted by Crippen LogP contribution is 2.32. The van der Waals surface area contributed by atoms with E-state index in [9.17, 15) is 50.4 Å². The number of hydrogen-bond acceptors (Lipinski definition) is 17. The van der Waals surface area contributed by atoms with Gasteiger partial charge in [0.2, 0.25) is 18.1 Å². The minimum Gasteiger partial charge on any atom is -0.497 e. The summed E-state index contributed by atoms with van der Waals surface area (Å²) >= 11 is 0. The number of rotatable bonds is 13. The first-order valence-corrected chi connectivity index (χ1v) is 15.2. The van der Waals surface area contributed by atoms with Gasteiger partial charge in [0.1, 0.15) is 84.6 Å². The normalized spacial score (nSPS) is 36.1. The zero-order chi connectivity index (χ0) is 35.3. The van der Waals surface area contributed by atoms with Gasteiger partial charge in [0.15, 0.2) is 12.6 Å². The molecule has 15 atom stereocenters. The Morgan fingerprint density at radius 2 is 1.54 bits per heavy atom. The fourth-order valence-corrected chi connectivity index (χ4v) is 5.64. The Labute approximate surface area is 274 Å². The summed E-state index contributed by atoms with van der Waals surface area (Å²) in [6.07, 6.45) is -20.7. The van der Waals surface area contributed by atoms with Crippen molar-refractivity contribution in [2.45, 2.75) is 106 Å². The van der Waals surface area contributed by atoms with Crippen molar-refractivity contribution in [2.24, 2.45) is 0 Å². The molecule has 19 heteroatoms. The summed E-state index contributed by atoms with van der Waals surface area (Å²) in [5, 5.41) is 88.4. The summed E-state index contributed by atoms with van der Waals surface area (Å²) in [5.41, 5.74) is 0. The number of ether oxygens (including phenoxy) is 7. The molecule has 2 amide bonds. The van der Waals surface area contributed by atoms with Gasteiger partial charge in [0.05, 0.1) is 26.9 Å². The Kier molecular flexibility index (Phi) is 13.3. The molecule has 3 saturated heterocycles. The van der Waals surface area contributed by atoms with Crippen molar-refractivity contribution in [3.05, 3.63) is 24.3 Å². The van der Waals surface area contributed by atoms with Crippen LogP contribution in [0.1, 0.15) is 13.8 Å². The monoisotopic (exact) mass is 692 g/mol. The molecule has 0 aliphatic carbocycles. The zero-order valence-electron chi connectivity index (χ0n) is 26.3. The van der Waals surface area contributed by atoms with Crippen LogP contribution in [0.2, 0.25) is 0 Å². The molecule has 272 valence electrons. The van der Waals surface area contributed by atoms with Gasteiger partial charge in [-0.1, -0.05) is 0 Å². The maximum atomic E-state index is 12.2. The number of hydrogen-bond donors (Lipinski definition) is 10. The average molecular weight is 693 g/mol. The fraction of sp³-hybridized carbons (Fsp3) is 0.724. The van der Waals surface area contributed by atoms with Crippen molar-refractivity contribution < 1.29 is 83.6 Å². The van der Waals surface area contributed by atoms with E-state index in [1.807, 2.05) is 0 Å². The standard InChI is InChI=1S/C29H44N2O17/c1-11(34)30-18(22(38)20(36)15(8-32)45-29-25(41)24(40)21(37)16(9-33)46-29)27-43-10-17-26(48-27)23(39)19(31-12(2)35)28(47-17)44-14-6-4-13(42-3)5-7-14/h4-7,15-29,32-33,36-41H,8-10H2,1-3H3,(H,30,34)(H,31,35)/t15-,16-,17-,18-,19-,20+,21-,22-,23-,24+,25-,26+,27+,28+,29-/m1/s1. The van der Waals surface area contributed by atoms with Crippen molar-refractivity contribution >= 4 is 11.8 Å². The molecular formula is C29H44N2O17. The van der Waals surface area contributed by atoms with Gasteiger partial charge in [0.25, 0.3) is 0 Å². The molecule has 48 heavy (non-hydrogen) atoms. The first kappa shape index (κ1) is 38.0. The number of benzene rings is 1. The Bertz CT molecular complexity index is 1190. The predicted molar refractivity (Wildman–Crippen MR) is 156 cm³/mol. The molecule has 0 radical (unpaired) electrons. The molecule has 1 aromatic carbocycles. The van der Waals surface area contributed by atoms with Crippen LogP contribution >= 0.6 is 0 Å². The molecule has 0 saturated carbocycles. The Hall–Kier alpha value is -2.76. The quantitative estimate of drug-likeness (QED) is 0.0924. The first-order valence-electron chi connectivity index (χ1n) is 15.2. The minimum atomic E-state index is -2.04. The van der Waals surface area contributed by atoms with Gasteiger partial charge in [-0.25, -0.2) is 0 Å². The molecule has 0 unspecified atom stereocenters. The van der Waals surface area contributed by atoms with Gasteiger partial charge < -0.3 is 84.6 Å².